The summed E-state index contributed by atoms with van der Waals surface area (Å²) in [6.07, 6.45) is 2.48. The van der Waals surface area contributed by atoms with E-state index < -0.39 is 6.04 Å². The second kappa shape index (κ2) is 6.87. The van der Waals surface area contributed by atoms with E-state index in [0.29, 0.717) is 12.4 Å². The van der Waals surface area contributed by atoms with Gasteiger partial charge in [0.05, 0.1) is 6.10 Å². The summed E-state index contributed by atoms with van der Waals surface area (Å²) in [5, 5.41) is 24.9. The van der Waals surface area contributed by atoms with E-state index in [1.807, 2.05) is 30.3 Å². The van der Waals surface area contributed by atoms with Gasteiger partial charge in [0.25, 0.3) is 0 Å². The molecular formula is C16H21N5O2. The van der Waals surface area contributed by atoms with Crippen LogP contribution >= 0.6 is 0 Å². The van der Waals surface area contributed by atoms with Gasteiger partial charge in [-0.2, -0.15) is 4.80 Å². The third-order valence-corrected chi connectivity index (χ3v) is 4.34. The smallest absolute Gasteiger partial charge is 0.246 e. The van der Waals surface area contributed by atoms with Crippen LogP contribution in [-0.2, 0) is 4.79 Å². The number of hydrogen-bond donors (Lipinski definition) is 2. The molecule has 1 fully saturated rings. The summed E-state index contributed by atoms with van der Waals surface area (Å²) in [6, 6.07) is 8.97. The Kier molecular flexibility index (Phi) is 4.66. The largest absolute Gasteiger partial charge is 0.393 e. The van der Waals surface area contributed by atoms with Crippen LogP contribution < -0.4 is 5.32 Å². The van der Waals surface area contributed by atoms with Gasteiger partial charge in [-0.15, -0.1) is 10.2 Å². The number of amides is 1. The van der Waals surface area contributed by atoms with E-state index in [1.165, 1.54) is 4.80 Å². The zero-order valence-corrected chi connectivity index (χ0v) is 13.1. The highest BCUT2D eigenvalue weighted by Gasteiger charge is 2.26. The molecule has 0 bridgehead atoms. The van der Waals surface area contributed by atoms with Crippen molar-refractivity contribution in [2.24, 2.45) is 5.92 Å². The fourth-order valence-corrected chi connectivity index (χ4v) is 2.83. The molecule has 122 valence electrons. The average Bonchev–Trinajstić information content (AvgIpc) is 3.22. The first-order chi connectivity index (χ1) is 11.1. The number of nitrogens with zero attached hydrogens (tertiary/aromatic N) is 4. The molecule has 0 aliphatic heterocycles. The van der Waals surface area contributed by atoms with Crippen LogP contribution in [0.25, 0.3) is 11.4 Å². The fourth-order valence-electron chi connectivity index (χ4n) is 2.83. The quantitative estimate of drug-likeness (QED) is 0.864. The van der Waals surface area contributed by atoms with Crippen LogP contribution in [0.2, 0.25) is 0 Å². The van der Waals surface area contributed by atoms with E-state index >= 15 is 0 Å². The van der Waals surface area contributed by atoms with Crippen molar-refractivity contribution in [2.45, 2.75) is 38.3 Å². The summed E-state index contributed by atoms with van der Waals surface area (Å²) in [5.74, 6) is 0.479. The van der Waals surface area contributed by atoms with E-state index in [0.717, 1.165) is 24.8 Å². The lowest BCUT2D eigenvalue weighted by molar-refractivity contribution is -0.124. The summed E-state index contributed by atoms with van der Waals surface area (Å²) >= 11 is 0. The van der Waals surface area contributed by atoms with Crippen molar-refractivity contribution < 1.29 is 9.90 Å². The van der Waals surface area contributed by atoms with E-state index in [1.54, 1.807) is 6.92 Å². The number of aliphatic hydroxyl groups is 1. The van der Waals surface area contributed by atoms with Gasteiger partial charge in [0, 0.05) is 18.0 Å². The first-order valence-electron chi connectivity index (χ1n) is 7.96. The highest BCUT2D eigenvalue weighted by Crippen LogP contribution is 2.24. The second-order valence-electron chi connectivity index (χ2n) is 5.98. The minimum Gasteiger partial charge on any atom is -0.393 e. The highest BCUT2D eigenvalue weighted by atomic mass is 16.3. The van der Waals surface area contributed by atoms with Crippen LogP contribution in [0, 0.1) is 5.92 Å². The summed E-state index contributed by atoms with van der Waals surface area (Å²) in [6.45, 7) is 2.22. The summed E-state index contributed by atoms with van der Waals surface area (Å²) < 4.78 is 0. The Labute approximate surface area is 134 Å². The van der Waals surface area contributed by atoms with Crippen molar-refractivity contribution in [2.75, 3.05) is 6.54 Å². The fraction of sp³-hybridized carbons (Fsp3) is 0.500. The lowest BCUT2D eigenvalue weighted by Gasteiger charge is -2.16. The molecule has 3 rings (SSSR count). The molecule has 7 nitrogen and oxygen atoms in total. The SMILES string of the molecule is CC(C(=O)NCC1CCCC1O)n1nnc(-c2ccccc2)n1. The Morgan fingerprint density at radius 3 is 2.87 bits per heavy atom. The first kappa shape index (κ1) is 15.6. The molecule has 1 aliphatic rings. The maximum absolute atomic E-state index is 12.2. The molecule has 1 aliphatic carbocycles. The van der Waals surface area contributed by atoms with Gasteiger partial charge in [-0.05, 0) is 25.0 Å². The number of rotatable bonds is 5. The standard InChI is InChI=1S/C16H21N5O2/c1-11(16(23)17-10-13-8-5-9-14(13)22)21-19-15(18-20-21)12-6-3-2-4-7-12/h2-4,6-7,11,13-14,22H,5,8-10H2,1H3,(H,17,23). The van der Waals surface area contributed by atoms with Crippen molar-refractivity contribution >= 4 is 5.91 Å². The van der Waals surface area contributed by atoms with Gasteiger partial charge < -0.3 is 10.4 Å². The van der Waals surface area contributed by atoms with E-state index in [9.17, 15) is 9.90 Å². The molecule has 2 aromatic rings. The second-order valence-corrected chi connectivity index (χ2v) is 5.98. The lowest BCUT2D eigenvalue weighted by atomic mass is 10.1. The van der Waals surface area contributed by atoms with Crippen LogP contribution in [0.1, 0.15) is 32.2 Å². The molecule has 1 aromatic heterocycles. The van der Waals surface area contributed by atoms with E-state index in [2.05, 4.69) is 20.7 Å². The monoisotopic (exact) mass is 315 g/mol. The number of benzene rings is 1. The Morgan fingerprint density at radius 1 is 1.39 bits per heavy atom. The normalized spacial score (nSPS) is 22.0. The molecule has 0 saturated heterocycles. The molecule has 3 atom stereocenters. The summed E-state index contributed by atoms with van der Waals surface area (Å²) in [5.41, 5.74) is 0.862. The molecule has 0 spiro atoms. The molecule has 2 N–H and O–H groups in total. The topological polar surface area (TPSA) is 92.9 Å². The van der Waals surface area contributed by atoms with Crippen molar-refractivity contribution in [3.63, 3.8) is 0 Å². The predicted octanol–water partition coefficient (Wildman–Crippen LogP) is 1.18. The molecular weight excluding hydrogens is 294 g/mol. The number of carbonyl (C=O) groups is 1. The molecule has 1 amide bonds. The number of aliphatic hydroxyl groups excluding tert-OH is 1. The molecule has 3 unspecified atom stereocenters. The van der Waals surface area contributed by atoms with Gasteiger partial charge in [0.2, 0.25) is 11.7 Å². The van der Waals surface area contributed by atoms with Crippen LogP contribution in [0.15, 0.2) is 30.3 Å². The number of hydrogen-bond acceptors (Lipinski definition) is 5. The number of carbonyl (C=O) groups excluding carboxylic acids is 1. The van der Waals surface area contributed by atoms with Crippen LogP contribution in [0.4, 0.5) is 0 Å². The summed E-state index contributed by atoms with van der Waals surface area (Å²) in [4.78, 5) is 13.6. The van der Waals surface area contributed by atoms with Gasteiger partial charge in [-0.1, -0.05) is 36.8 Å². The number of aromatic nitrogens is 4. The first-order valence-corrected chi connectivity index (χ1v) is 7.96. The zero-order valence-electron chi connectivity index (χ0n) is 13.1. The lowest BCUT2D eigenvalue weighted by Crippen LogP contribution is -2.37. The van der Waals surface area contributed by atoms with Gasteiger partial charge in [0.1, 0.15) is 6.04 Å². The third-order valence-electron chi connectivity index (χ3n) is 4.34. The van der Waals surface area contributed by atoms with Crippen LogP contribution in [-0.4, -0.2) is 43.9 Å². The van der Waals surface area contributed by atoms with Crippen LogP contribution in [0.3, 0.4) is 0 Å². The van der Waals surface area contributed by atoms with Crippen molar-refractivity contribution in [3.8, 4) is 11.4 Å². The van der Waals surface area contributed by atoms with Crippen molar-refractivity contribution in [1.82, 2.24) is 25.5 Å². The third kappa shape index (κ3) is 3.56. The Hall–Kier alpha value is -2.28. The van der Waals surface area contributed by atoms with E-state index in [4.69, 9.17) is 0 Å². The Morgan fingerprint density at radius 2 is 2.17 bits per heavy atom. The van der Waals surface area contributed by atoms with E-state index in [-0.39, 0.29) is 17.9 Å². The van der Waals surface area contributed by atoms with Gasteiger partial charge >= 0.3 is 0 Å². The number of tetrazole rings is 1. The summed E-state index contributed by atoms with van der Waals surface area (Å²) in [7, 11) is 0. The maximum Gasteiger partial charge on any atom is 0.246 e. The number of nitrogens with one attached hydrogen (secondary N) is 1. The zero-order chi connectivity index (χ0) is 16.2. The maximum atomic E-state index is 12.2. The molecule has 1 saturated carbocycles. The van der Waals surface area contributed by atoms with Crippen LogP contribution in [0.5, 0.6) is 0 Å². The van der Waals surface area contributed by atoms with Crippen molar-refractivity contribution in [3.05, 3.63) is 30.3 Å². The Balaban J connectivity index is 1.60. The molecule has 1 heterocycles. The molecule has 0 radical (unpaired) electrons. The van der Waals surface area contributed by atoms with Crippen molar-refractivity contribution in [1.29, 1.82) is 0 Å². The predicted molar refractivity (Wildman–Crippen MR) is 84.3 cm³/mol. The molecule has 23 heavy (non-hydrogen) atoms. The molecule has 7 heteroatoms. The molecule has 1 aromatic carbocycles. The average molecular weight is 315 g/mol. The minimum atomic E-state index is -0.543. The van der Waals surface area contributed by atoms with Gasteiger partial charge in [0.15, 0.2) is 0 Å². The highest BCUT2D eigenvalue weighted by molar-refractivity contribution is 5.79. The van der Waals surface area contributed by atoms with Gasteiger partial charge in [-0.3, -0.25) is 4.79 Å². The van der Waals surface area contributed by atoms with Gasteiger partial charge in [-0.25, -0.2) is 0 Å². The Bertz CT molecular complexity index is 658. The minimum absolute atomic E-state index is 0.148.